The molecule has 3 aromatic heterocycles. The smallest absolute Gasteiger partial charge is 0.164 e. The van der Waals surface area contributed by atoms with Gasteiger partial charge in [-0.3, -0.25) is 0 Å². The second kappa shape index (κ2) is 15.4. The van der Waals surface area contributed by atoms with Gasteiger partial charge in [0, 0.05) is 49.6 Å². The summed E-state index contributed by atoms with van der Waals surface area (Å²) in [5, 5.41) is 4.95. The van der Waals surface area contributed by atoms with Gasteiger partial charge in [-0.2, -0.15) is 0 Å². The average molecular weight is 880 g/mol. The van der Waals surface area contributed by atoms with Gasteiger partial charge in [-0.1, -0.05) is 200 Å². The van der Waals surface area contributed by atoms with Crippen LogP contribution >= 0.6 is 0 Å². The third-order valence-corrected chi connectivity index (χ3v) is 14.3. The second-order valence-corrected chi connectivity index (χ2v) is 17.9. The molecule has 5 nitrogen and oxygen atoms in total. The summed E-state index contributed by atoms with van der Waals surface area (Å²) in [5.74, 6) is 1.90. The lowest BCUT2D eigenvalue weighted by Crippen LogP contribution is -2.29. The van der Waals surface area contributed by atoms with Crippen LogP contribution in [0.4, 0.5) is 0 Å². The molecule has 0 radical (unpaired) electrons. The number of aromatic nitrogens is 5. The summed E-state index contributed by atoms with van der Waals surface area (Å²) in [7, 11) is 0. The van der Waals surface area contributed by atoms with E-state index in [9.17, 15) is 0 Å². The lowest BCUT2D eigenvalue weighted by molar-refractivity contribution is 0.766. The number of hydrogen-bond acceptors (Lipinski definition) is 3. The predicted molar refractivity (Wildman–Crippen MR) is 282 cm³/mol. The molecule has 322 valence electrons. The van der Waals surface area contributed by atoms with Crippen molar-refractivity contribution >= 4 is 43.6 Å². The van der Waals surface area contributed by atoms with Crippen LogP contribution in [0.25, 0.3) is 100 Å². The Morgan fingerprint density at radius 3 is 0.986 bits per heavy atom. The second-order valence-electron chi connectivity index (χ2n) is 17.9. The third-order valence-electron chi connectivity index (χ3n) is 14.3. The molecule has 13 aromatic rings. The molecule has 0 amide bonds. The van der Waals surface area contributed by atoms with Crippen molar-refractivity contribution in [3.05, 3.63) is 271 Å². The van der Waals surface area contributed by atoms with Gasteiger partial charge in [0.25, 0.3) is 0 Å². The van der Waals surface area contributed by atoms with E-state index in [4.69, 9.17) is 15.0 Å². The van der Waals surface area contributed by atoms with Crippen molar-refractivity contribution in [3.8, 4) is 56.7 Å². The van der Waals surface area contributed by atoms with E-state index in [1.54, 1.807) is 0 Å². The summed E-state index contributed by atoms with van der Waals surface area (Å²) < 4.78 is 4.87. The minimum Gasteiger partial charge on any atom is -0.309 e. The summed E-state index contributed by atoms with van der Waals surface area (Å²) in [5.41, 5.74) is 16.3. The summed E-state index contributed by atoms with van der Waals surface area (Å²) in [4.78, 5) is 15.2. The Morgan fingerprint density at radius 1 is 0.275 bits per heavy atom. The maximum atomic E-state index is 5.13. The van der Waals surface area contributed by atoms with Crippen LogP contribution < -0.4 is 0 Å². The molecule has 5 heteroatoms. The molecule has 0 bridgehead atoms. The van der Waals surface area contributed by atoms with E-state index in [-0.39, 0.29) is 0 Å². The van der Waals surface area contributed by atoms with Crippen LogP contribution in [0, 0.1) is 0 Å². The van der Waals surface area contributed by atoms with Crippen LogP contribution in [0.5, 0.6) is 0 Å². The maximum absolute atomic E-state index is 5.13. The fourth-order valence-corrected chi connectivity index (χ4v) is 11.3. The first-order chi connectivity index (χ1) is 34.2. The first-order valence-corrected chi connectivity index (χ1v) is 23.5. The monoisotopic (exact) mass is 879 g/mol. The molecule has 10 aromatic carbocycles. The van der Waals surface area contributed by atoms with Gasteiger partial charge < -0.3 is 9.13 Å². The quantitative estimate of drug-likeness (QED) is 0.160. The number of benzene rings is 10. The van der Waals surface area contributed by atoms with Crippen LogP contribution in [-0.4, -0.2) is 24.1 Å². The van der Waals surface area contributed by atoms with E-state index < -0.39 is 5.41 Å². The Morgan fingerprint density at radius 2 is 0.594 bits per heavy atom. The Bertz CT molecular complexity index is 3790. The number of para-hydroxylation sites is 4. The maximum Gasteiger partial charge on any atom is 0.164 e. The molecule has 0 fully saturated rings. The van der Waals surface area contributed by atoms with Crippen LogP contribution in [0.2, 0.25) is 0 Å². The number of nitrogens with zero attached hydrogens (tertiary/aromatic N) is 5. The van der Waals surface area contributed by atoms with Crippen molar-refractivity contribution in [3.63, 3.8) is 0 Å². The fraction of sp³-hybridized carbons (Fsp3) is 0.0156. The van der Waals surface area contributed by atoms with Crippen LogP contribution in [0.3, 0.4) is 0 Å². The molecule has 0 saturated carbocycles. The van der Waals surface area contributed by atoms with Crippen molar-refractivity contribution in [2.24, 2.45) is 0 Å². The van der Waals surface area contributed by atoms with E-state index in [0.29, 0.717) is 17.5 Å². The molecule has 69 heavy (non-hydrogen) atoms. The summed E-state index contributed by atoms with van der Waals surface area (Å²) in [6, 6.07) is 89.7. The summed E-state index contributed by atoms with van der Waals surface area (Å²) in [6.07, 6.45) is 0. The van der Waals surface area contributed by atoms with Gasteiger partial charge in [0.05, 0.1) is 27.5 Å². The van der Waals surface area contributed by atoms with Crippen molar-refractivity contribution in [1.82, 2.24) is 24.1 Å². The Kier molecular flexibility index (Phi) is 8.73. The van der Waals surface area contributed by atoms with E-state index in [0.717, 1.165) is 33.6 Å². The predicted octanol–water partition coefficient (Wildman–Crippen LogP) is 15.4. The normalized spacial score (nSPS) is 12.8. The minimum atomic E-state index is -0.725. The van der Waals surface area contributed by atoms with Crippen molar-refractivity contribution in [1.29, 1.82) is 0 Å². The van der Waals surface area contributed by atoms with Gasteiger partial charge in [0.2, 0.25) is 0 Å². The van der Waals surface area contributed by atoms with Crippen molar-refractivity contribution in [2.75, 3.05) is 0 Å². The topological polar surface area (TPSA) is 48.5 Å². The lowest BCUT2D eigenvalue weighted by Gasteiger charge is -2.34. The highest BCUT2D eigenvalue weighted by Crippen LogP contribution is 2.57. The highest BCUT2D eigenvalue weighted by Gasteiger charge is 2.47. The first-order valence-electron chi connectivity index (χ1n) is 23.5. The number of fused-ring (bicyclic) bond motifs is 9. The first kappa shape index (κ1) is 39.0. The zero-order valence-corrected chi connectivity index (χ0v) is 37.4. The highest BCUT2D eigenvalue weighted by molar-refractivity contribution is 6.10. The largest absolute Gasteiger partial charge is 0.309 e. The van der Waals surface area contributed by atoms with Gasteiger partial charge in [-0.05, 0) is 81.9 Å². The number of hydrogen-bond donors (Lipinski definition) is 0. The van der Waals surface area contributed by atoms with Gasteiger partial charge in [-0.25, -0.2) is 15.0 Å². The SMILES string of the molecule is c1ccc(-c2nc(-c3ccccc3)nc(-c3ccc(C4(c5ccccc5)c5cc(-n6c7ccccc7c7ccccc76)ccc5-c5ccc(-n6c7ccccc7c7ccccc76)cc54)cc3)n2)cc1. The molecule has 0 atom stereocenters. The van der Waals surface area contributed by atoms with Crippen LogP contribution in [-0.2, 0) is 5.41 Å². The highest BCUT2D eigenvalue weighted by atomic mass is 15.0. The van der Waals surface area contributed by atoms with Crippen molar-refractivity contribution in [2.45, 2.75) is 5.41 Å². The fourth-order valence-electron chi connectivity index (χ4n) is 11.3. The lowest BCUT2D eigenvalue weighted by atomic mass is 9.67. The summed E-state index contributed by atoms with van der Waals surface area (Å²) in [6.45, 7) is 0. The Balaban J connectivity index is 1.03. The standard InChI is InChI=1S/C64H41N5/c1-4-18-42(19-5-1)61-65-62(43-20-6-2-7-21-43)67-63(66-61)44-32-34-46(35-33-44)64(45-22-8-3-9-23-45)55-40-47(68-57-28-14-10-24-51(57)52-25-11-15-29-58(52)68)36-38-49(55)50-39-37-48(41-56(50)64)69-59-30-16-12-26-53(59)54-27-13-17-31-60(54)69/h1-41H. The third kappa shape index (κ3) is 5.94. The zero-order valence-electron chi connectivity index (χ0n) is 37.4. The molecule has 3 heterocycles. The Labute approximate surface area is 398 Å². The molecule has 0 aliphatic heterocycles. The van der Waals surface area contributed by atoms with Gasteiger partial charge in [0.15, 0.2) is 17.5 Å². The van der Waals surface area contributed by atoms with E-state index in [1.165, 1.54) is 71.4 Å². The van der Waals surface area contributed by atoms with E-state index in [2.05, 4.69) is 221 Å². The molecule has 1 aliphatic carbocycles. The Hall–Kier alpha value is -9.19. The molecule has 0 unspecified atom stereocenters. The van der Waals surface area contributed by atoms with Crippen LogP contribution in [0.15, 0.2) is 249 Å². The summed E-state index contributed by atoms with van der Waals surface area (Å²) >= 11 is 0. The van der Waals surface area contributed by atoms with Gasteiger partial charge >= 0.3 is 0 Å². The van der Waals surface area contributed by atoms with Gasteiger partial charge in [-0.15, -0.1) is 0 Å². The minimum absolute atomic E-state index is 0.623. The molecule has 14 rings (SSSR count). The van der Waals surface area contributed by atoms with Gasteiger partial charge in [0.1, 0.15) is 0 Å². The molecule has 0 saturated heterocycles. The molecular weight excluding hydrogens is 839 g/mol. The van der Waals surface area contributed by atoms with Crippen molar-refractivity contribution < 1.29 is 0 Å². The van der Waals surface area contributed by atoms with Crippen LogP contribution in [0.1, 0.15) is 22.3 Å². The molecule has 0 spiro atoms. The zero-order chi connectivity index (χ0) is 45.5. The van der Waals surface area contributed by atoms with E-state index in [1.807, 2.05) is 36.4 Å². The molecular formula is C64H41N5. The number of rotatable bonds is 7. The van der Waals surface area contributed by atoms with E-state index >= 15 is 0 Å². The molecule has 1 aliphatic rings. The molecule has 0 N–H and O–H groups in total. The average Bonchev–Trinajstić information content (AvgIpc) is 4.05.